The lowest BCUT2D eigenvalue weighted by molar-refractivity contribution is -0.0155. The Kier molecular flexibility index (Phi) is 3.76. The smallest absolute Gasteiger partial charge is 0.0815 e. The molecule has 1 aliphatic rings. The van der Waals surface area contributed by atoms with Crippen LogP contribution in [0.4, 0.5) is 0 Å². The SMILES string of the molecule is OC(CC1CCCCO1)c1ccc2cccnc2c1. The van der Waals surface area contributed by atoms with E-state index in [0.717, 1.165) is 35.9 Å². The first-order valence-electron chi connectivity index (χ1n) is 6.97. The van der Waals surface area contributed by atoms with Crippen molar-refractivity contribution in [2.45, 2.75) is 37.9 Å². The highest BCUT2D eigenvalue weighted by Gasteiger charge is 2.19. The molecule has 2 unspecified atom stereocenters. The summed E-state index contributed by atoms with van der Waals surface area (Å²) in [4.78, 5) is 4.33. The summed E-state index contributed by atoms with van der Waals surface area (Å²) in [7, 11) is 0. The van der Waals surface area contributed by atoms with Crippen LogP contribution in [-0.2, 0) is 4.74 Å². The first kappa shape index (κ1) is 12.6. The number of hydrogen-bond donors (Lipinski definition) is 1. The number of fused-ring (bicyclic) bond motifs is 1. The number of rotatable bonds is 3. The van der Waals surface area contributed by atoms with Crippen molar-refractivity contribution in [1.82, 2.24) is 4.98 Å². The summed E-state index contributed by atoms with van der Waals surface area (Å²) in [5, 5.41) is 11.4. The lowest BCUT2D eigenvalue weighted by atomic mass is 9.98. The maximum Gasteiger partial charge on any atom is 0.0815 e. The molecule has 3 nitrogen and oxygen atoms in total. The molecular weight excluding hydrogens is 238 g/mol. The summed E-state index contributed by atoms with van der Waals surface area (Å²) in [5.74, 6) is 0. The second-order valence-electron chi connectivity index (χ2n) is 5.20. The zero-order valence-corrected chi connectivity index (χ0v) is 11.0. The number of benzene rings is 1. The van der Waals surface area contributed by atoms with Crippen LogP contribution in [0.3, 0.4) is 0 Å². The van der Waals surface area contributed by atoms with Gasteiger partial charge in [0, 0.05) is 24.6 Å². The van der Waals surface area contributed by atoms with Crippen molar-refractivity contribution in [3.8, 4) is 0 Å². The van der Waals surface area contributed by atoms with Crippen LogP contribution < -0.4 is 0 Å². The third-order valence-electron chi connectivity index (χ3n) is 3.77. The number of aromatic nitrogens is 1. The normalized spacial score (nSPS) is 21.4. The summed E-state index contributed by atoms with van der Waals surface area (Å²) < 4.78 is 5.68. The number of pyridine rings is 1. The summed E-state index contributed by atoms with van der Waals surface area (Å²) >= 11 is 0. The fraction of sp³-hybridized carbons (Fsp3) is 0.438. The minimum absolute atomic E-state index is 0.197. The second-order valence-corrected chi connectivity index (χ2v) is 5.20. The molecule has 3 heteroatoms. The van der Waals surface area contributed by atoms with E-state index < -0.39 is 6.10 Å². The van der Waals surface area contributed by atoms with Crippen molar-refractivity contribution in [3.63, 3.8) is 0 Å². The fourth-order valence-corrected chi connectivity index (χ4v) is 2.67. The molecule has 1 aromatic carbocycles. The average molecular weight is 257 g/mol. The van der Waals surface area contributed by atoms with E-state index in [2.05, 4.69) is 4.98 Å². The van der Waals surface area contributed by atoms with E-state index in [9.17, 15) is 5.11 Å². The summed E-state index contributed by atoms with van der Waals surface area (Å²) in [6.07, 6.45) is 5.60. The van der Waals surface area contributed by atoms with E-state index >= 15 is 0 Å². The standard InChI is InChI=1S/C16H19NO2/c18-16(11-14-5-1-2-9-19-14)13-7-6-12-4-3-8-17-15(12)10-13/h3-4,6-8,10,14,16,18H,1-2,5,9,11H2. The second kappa shape index (κ2) is 5.68. The van der Waals surface area contributed by atoms with Gasteiger partial charge in [0.05, 0.1) is 17.7 Å². The highest BCUT2D eigenvalue weighted by Crippen LogP contribution is 2.26. The molecule has 1 aliphatic heterocycles. The van der Waals surface area contributed by atoms with Gasteiger partial charge in [-0.1, -0.05) is 18.2 Å². The van der Waals surface area contributed by atoms with Gasteiger partial charge in [0.15, 0.2) is 0 Å². The number of hydrogen-bond acceptors (Lipinski definition) is 3. The van der Waals surface area contributed by atoms with Crippen LogP contribution in [0, 0.1) is 0 Å². The third kappa shape index (κ3) is 2.94. The van der Waals surface area contributed by atoms with Crippen molar-refractivity contribution in [3.05, 3.63) is 42.1 Å². The molecule has 1 saturated heterocycles. The van der Waals surface area contributed by atoms with Gasteiger partial charge in [-0.25, -0.2) is 0 Å². The molecule has 2 aromatic rings. The molecule has 2 atom stereocenters. The average Bonchev–Trinajstić information content (AvgIpc) is 2.48. The van der Waals surface area contributed by atoms with E-state index in [1.807, 2.05) is 30.3 Å². The minimum Gasteiger partial charge on any atom is -0.388 e. The molecule has 0 radical (unpaired) electrons. The highest BCUT2D eigenvalue weighted by atomic mass is 16.5. The van der Waals surface area contributed by atoms with Crippen LogP contribution >= 0.6 is 0 Å². The van der Waals surface area contributed by atoms with E-state index in [-0.39, 0.29) is 6.10 Å². The number of nitrogens with zero attached hydrogens (tertiary/aromatic N) is 1. The van der Waals surface area contributed by atoms with Crippen LogP contribution in [0.1, 0.15) is 37.4 Å². The van der Waals surface area contributed by atoms with Crippen LogP contribution in [0.2, 0.25) is 0 Å². The van der Waals surface area contributed by atoms with E-state index in [1.165, 1.54) is 6.42 Å². The number of aliphatic hydroxyl groups excluding tert-OH is 1. The van der Waals surface area contributed by atoms with Crippen molar-refractivity contribution in [2.75, 3.05) is 6.61 Å². The first-order chi connectivity index (χ1) is 9.33. The molecule has 0 bridgehead atoms. The van der Waals surface area contributed by atoms with E-state index in [1.54, 1.807) is 6.20 Å². The van der Waals surface area contributed by atoms with Gasteiger partial charge in [-0.05, 0) is 37.0 Å². The van der Waals surface area contributed by atoms with Gasteiger partial charge < -0.3 is 9.84 Å². The lowest BCUT2D eigenvalue weighted by Gasteiger charge is -2.25. The van der Waals surface area contributed by atoms with Crippen molar-refractivity contribution >= 4 is 10.9 Å². The van der Waals surface area contributed by atoms with Crippen LogP contribution in [-0.4, -0.2) is 22.8 Å². The Bertz CT molecular complexity index is 549. The van der Waals surface area contributed by atoms with Gasteiger partial charge in [0.1, 0.15) is 0 Å². The maximum atomic E-state index is 10.3. The molecule has 3 rings (SSSR count). The number of aliphatic hydroxyl groups is 1. The van der Waals surface area contributed by atoms with Crippen molar-refractivity contribution < 1.29 is 9.84 Å². The van der Waals surface area contributed by atoms with Crippen LogP contribution in [0.5, 0.6) is 0 Å². The topological polar surface area (TPSA) is 42.4 Å². The van der Waals surface area contributed by atoms with Crippen molar-refractivity contribution in [2.24, 2.45) is 0 Å². The minimum atomic E-state index is -0.463. The molecule has 1 fully saturated rings. The zero-order chi connectivity index (χ0) is 13.1. The Balaban J connectivity index is 1.75. The highest BCUT2D eigenvalue weighted by molar-refractivity contribution is 5.78. The quantitative estimate of drug-likeness (QED) is 0.918. The molecule has 2 heterocycles. The van der Waals surface area contributed by atoms with E-state index in [4.69, 9.17) is 4.74 Å². The molecule has 0 spiro atoms. The predicted molar refractivity (Wildman–Crippen MR) is 74.9 cm³/mol. The molecule has 1 N–H and O–H groups in total. The first-order valence-corrected chi connectivity index (χ1v) is 6.97. The Hall–Kier alpha value is -1.45. The summed E-state index contributed by atoms with van der Waals surface area (Å²) in [6.45, 7) is 0.830. The predicted octanol–water partition coefficient (Wildman–Crippen LogP) is 3.23. The summed E-state index contributed by atoms with van der Waals surface area (Å²) in [5.41, 5.74) is 1.86. The Morgan fingerprint density at radius 1 is 1.32 bits per heavy atom. The molecular formula is C16H19NO2. The fourth-order valence-electron chi connectivity index (χ4n) is 2.67. The van der Waals surface area contributed by atoms with E-state index in [0.29, 0.717) is 6.42 Å². The Morgan fingerprint density at radius 2 is 2.26 bits per heavy atom. The summed E-state index contributed by atoms with van der Waals surface area (Å²) in [6, 6.07) is 9.93. The van der Waals surface area contributed by atoms with Gasteiger partial charge in [-0.15, -0.1) is 0 Å². The van der Waals surface area contributed by atoms with Crippen LogP contribution in [0.25, 0.3) is 10.9 Å². The molecule has 1 aromatic heterocycles. The zero-order valence-electron chi connectivity index (χ0n) is 11.0. The van der Waals surface area contributed by atoms with Crippen molar-refractivity contribution in [1.29, 1.82) is 0 Å². The Labute approximate surface area is 113 Å². The Morgan fingerprint density at radius 3 is 3.11 bits per heavy atom. The lowest BCUT2D eigenvalue weighted by Crippen LogP contribution is -2.21. The largest absolute Gasteiger partial charge is 0.388 e. The molecule has 19 heavy (non-hydrogen) atoms. The van der Waals surface area contributed by atoms with Gasteiger partial charge in [-0.2, -0.15) is 0 Å². The van der Waals surface area contributed by atoms with Gasteiger partial charge >= 0.3 is 0 Å². The maximum absolute atomic E-state index is 10.3. The van der Waals surface area contributed by atoms with Gasteiger partial charge in [-0.3, -0.25) is 4.98 Å². The monoisotopic (exact) mass is 257 g/mol. The number of ether oxygens (including phenoxy) is 1. The van der Waals surface area contributed by atoms with Gasteiger partial charge in [0.2, 0.25) is 0 Å². The molecule has 0 saturated carbocycles. The van der Waals surface area contributed by atoms with Gasteiger partial charge in [0.25, 0.3) is 0 Å². The molecule has 100 valence electrons. The molecule has 0 amide bonds. The molecule has 0 aliphatic carbocycles. The third-order valence-corrected chi connectivity index (χ3v) is 3.77. The van der Waals surface area contributed by atoms with Crippen LogP contribution in [0.15, 0.2) is 36.5 Å².